The number of hydrogen-bond acceptors (Lipinski definition) is 6. The number of ketones is 1. The molecule has 1 unspecified atom stereocenters. The number of amides is 1. The molecule has 0 spiro atoms. The lowest BCUT2D eigenvalue weighted by Gasteiger charge is -2.26. The lowest BCUT2D eigenvalue weighted by atomic mass is 9.94. The number of hydrogen-bond donors (Lipinski definition) is 1. The number of benzene rings is 4. The van der Waals surface area contributed by atoms with Crippen LogP contribution in [-0.4, -0.2) is 30.0 Å². The van der Waals surface area contributed by atoms with Gasteiger partial charge in [0, 0.05) is 11.3 Å². The van der Waals surface area contributed by atoms with Gasteiger partial charge in [-0.3, -0.25) is 14.5 Å². The van der Waals surface area contributed by atoms with E-state index in [1.807, 2.05) is 18.2 Å². The number of ether oxygens (including phenoxy) is 3. The number of carbonyl (C=O) groups excluding carboxylic acids is 2. The lowest BCUT2D eigenvalue weighted by Crippen LogP contribution is -2.29. The van der Waals surface area contributed by atoms with E-state index in [9.17, 15) is 19.1 Å². The zero-order valence-corrected chi connectivity index (χ0v) is 20.5. The predicted octanol–water partition coefficient (Wildman–Crippen LogP) is 6.02. The van der Waals surface area contributed by atoms with Gasteiger partial charge in [0.25, 0.3) is 11.7 Å². The van der Waals surface area contributed by atoms with E-state index in [0.29, 0.717) is 47.5 Å². The van der Waals surface area contributed by atoms with Crippen LogP contribution >= 0.6 is 0 Å². The molecule has 8 heteroatoms. The van der Waals surface area contributed by atoms with E-state index in [-0.39, 0.29) is 16.9 Å². The second kappa shape index (κ2) is 9.98. The Bertz CT molecular complexity index is 1600. The summed E-state index contributed by atoms with van der Waals surface area (Å²) in [5.74, 6) is -0.539. The molecule has 1 fully saturated rings. The highest BCUT2D eigenvalue weighted by molar-refractivity contribution is 6.51. The molecule has 1 saturated heterocycles. The largest absolute Gasteiger partial charge is 0.507 e. The van der Waals surface area contributed by atoms with Gasteiger partial charge in [-0.15, -0.1) is 0 Å². The molecule has 2 heterocycles. The van der Waals surface area contributed by atoms with E-state index in [1.165, 1.54) is 29.2 Å². The number of aliphatic hydroxyl groups is 1. The zero-order valence-electron chi connectivity index (χ0n) is 20.5. The fourth-order valence-electron chi connectivity index (χ4n) is 4.73. The molecule has 0 bridgehead atoms. The molecular weight excluding hydrogens is 501 g/mol. The number of carbonyl (C=O) groups is 2. The van der Waals surface area contributed by atoms with Crippen molar-refractivity contribution in [1.82, 2.24) is 0 Å². The third-order valence-corrected chi connectivity index (χ3v) is 6.52. The Hall–Kier alpha value is -5.11. The molecule has 0 saturated carbocycles. The van der Waals surface area contributed by atoms with Gasteiger partial charge < -0.3 is 19.3 Å². The van der Waals surface area contributed by atoms with Gasteiger partial charge in [-0.1, -0.05) is 30.3 Å². The molecule has 0 radical (unpaired) electrons. The molecule has 0 aliphatic carbocycles. The van der Waals surface area contributed by atoms with Gasteiger partial charge >= 0.3 is 0 Å². The minimum atomic E-state index is -1.01. The van der Waals surface area contributed by atoms with Crippen molar-refractivity contribution in [2.24, 2.45) is 0 Å². The summed E-state index contributed by atoms with van der Waals surface area (Å²) < 4.78 is 30.9. The van der Waals surface area contributed by atoms with Crippen molar-refractivity contribution in [3.05, 3.63) is 120 Å². The molecule has 2 aliphatic heterocycles. The van der Waals surface area contributed by atoms with Crippen molar-refractivity contribution >= 4 is 23.1 Å². The molecule has 6 rings (SSSR count). The number of nitrogens with zero attached hydrogens (tertiary/aromatic N) is 1. The highest BCUT2D eigenvalue weighted by Gasteiger charge is 2.47. The van der Waals surface area contributed by atoms with Gasteiger partial charge in [-0.05, 0) is 72.3 Å². The smallest absolute Gasteiger partial charge is 0.300 e. The summed E-state index contributed by atoms with van der Waals surface area (Å²) in [5, 5.41) is 11.4. The minimum Gasteiger partial charge on any atom is -0.507 e. The van der Waals surface area contributed by atoms with Gasteiger partial charge in [-0.2, -0.15) is 0 Å². The van der Waals surface area contributed by atoms with E-state index in [1.54, 1.807) is 54.6 Å². The first-order valence-corrected chi connectivity index (χ1v) is 12.3. The van der Waals surface area contributed by atoms with E-state index in [4.69, 9.17) is 14.2 Å². The number of aliphatic hydroxyl groups excluding tert-OH is 1. The summed E-state index contributed by atoms with van der Waals surface area (Å²) in [6, 6.07) is 25.2. The van der Waals surface area contributed by atoms with Gasteiger partial charge in [0.2, 0.25) is 0 Å². The van der Waals surface area contributed by atoms with Crippen LogP contribution in [0.15, 0.2) is 103 Å². The normalized spacial score (nSPS) is 17.8. The molecule has 4 aromatic rings. The van der Waals surface area contributed by atoms with Crippen molar-refractivity contribution < 1.29 is 33.3 Å². The number of para-hydroxylation sites is 1. The first-order valence-electron chi connectivity index (χ1n) is 12.3. The highest BCUT2D eigenvalue weighted by Crippen LogP contribution is 2.44. The van der Waals surface area contributed by atoms with E-state index in [0.717, 1.165) is 0 Å². The van der Waals surface area contributed by atoms with Crippen molar-refractivity contribution in [3.8, 4) is 23.0 Å². The standard InChI is InChI=1S/C31H22FNO6/c32-21-10-12-22(13-11-21)33-28(19-5-4-8-24(17-19)39-23-6-2-1-3-7-23)27(30(35)31(33)36)29(34)20-9-14-25-26(18-20)38-16-15-37-25/h1-14,17-18,28,34H,15-16H2/b29-27-. The summed E-state index contributed by atoms with van der Waals surface area (Å²) >= 11 is 0. The Kier molecular flexibility index (Phi) is 6.20. The third kappa shape index (κ3) is 4.57. The van der Waals surface area contributed by atoms with Crippen molar-refractivity contribution in [3.63, 3.8) is 0 Å². The fraction of sp³-hybridized carbons (Fsp3) is 0.0968. The van der Waals surface area contributed by atoms with E-state index < -0.39 is 23.5 Å². The molecular formula is C31H22FNO6. The maximum Gasteiger partial charge on any atom is 0.300 e. The molecule has 2 aliphatic rings. The van der Waals surface area contributed by atoms with Crippen LogP contribution in [0, 0.1) is 5.82 Å². The van der Waals surface area contributed by atoms with E-state index >= 15 is 0 Å². The number of Topliss-reactive ketones (excluding diaryl/α,β-unsaturated/α-hetero) is 1. The van der Waals surface area contributed by atoms with Gasteiger partial charge in [0.15, 0.2) is 11.5 Å². The number of fused-ring (bicyclic) bond motifs is 1. The zero-order chi connectivity index (χ0) is 26.9. The first kappa shape index (κ1) is 24.2. The molecule has 39 heavy (non-hydrogen) atoms. The third-order valence-electron chi connectivity index (χ3n) is 6.52. The van der Waals surface area contributed by atoms with Crippen molar-refractivity contribution in [2.45, 2.75) is 6.04 Å². The Labute approximate surface area is 223 Å². The molecule has 0 aromatic heterocycles. The molecule has 7 nitrogen and oxygen atoms in total. The van der Waals surface area contributed by atoms with Crippen molar-refractivity contribution in [1.29, 1.82) is 0 Å². The second-order valence-corrected chi connectivity index (χ2v) is 8.99. The Morgan fingerprint density at radius 1 is 0.821 bits per heavy atom. The summed E-state index contributed by atoms with van der Waals surface area (Å²) in [4.78, 5) is 28.1. The van der Waals surface area contributed by atoms with Crippen molar-refractivity contribution in [2.75, 3.05) is 18.1 Å². The summed E-state index contributed by atoms with van der Waals surface area (Å²) in [6.45, 7) is 0.753. The second-order valence-electron chi connectivity index (χ2n) is 8.99. The van der Waals surface area contributed by atoms with Crippen LogP contribution in [0.4, 0.5) is 10.1 Å². The number of anilines is 1. The summed E-state index contributed by atoms with van der Waals surface area (Å²) in [5.41, 5.74) is 1.00. The average molecular weight is 524 g/mol. The monoisotopic (exact) mass is 523 g/mol. The molecule has 1 amide bonds. The van der Waals surface area contributed by atoms with Crippen LogP contribution in [0.1, 0.15) is 17.2 Å². The van der Waals surface area contributed by atoms with Crippen LogP contribution in [-0.2, 0) is 9.59 Å². The van der Waals surface area contributed by atoms with Gasteiger partial charge in [0.05, 0.1) is 11.6 Å². The van der Waals surface area contributed by atoms with Crippen LogP contribution in [0.5, 0.6) is 23.0 Å². The maximum absolute atomic E-state index is 13.7. The van der Waals surface area contributed by atoms with Crippen LogP contribution in [0.2, 0.25) is 0 Å². The van der Waals surface area contributed by atoms with Gasteiger partial charge in [-0.25, -0.2) is 4.39 Å². The van der Waals surface area contributed by atoms with Gasteiger partial charge in [0.1, 0.15) is 36.3 Å². The Morgan fingerprint density at radius 3 is 2.31 bits per heavy atom. The molecule has 194 valence electrons. The summed E-state index contributed by atoms with van der Waals surface area (Å²) in [6.07, 6.45) is 0. The van der Waals surface area contributed by atoms with E-state index in [2.05, 4.69) is 0 Å². The fourth-order valence-corrected chi connectivity index (χ4v) is 4.73. The minimum absolute atomic E-state index is 0.113. The first-order chi connectivity index (χ1) is 19.0. The average Bonchev–Trinajstić information content (AvgIpc) is 3.23. The maximum atomic E-state index is 13.7. The topological polar surface area (TPSA) is 85.3 Å². The molecule has 1 atom stereocenters. The quantitative estimate of drug-likeness (QED) is 0.196. The molecule has 1 N–H and O–H groups in total. The predicted molar refractivity (Wildman–Crippen MR) is 142 cm³/mol. The number of halogens is 1. The summed E-state index contributed by atoms with van der Waals surface area (Å²) in [7, 11) is 0. The lowest BCUT2D eigenvalue weighted by molar-refractivity contribution is -0.132. The Balaban J connectivity index is 1.49. The highest BCUT2D eigenvalue weighted by atomic mass is 19.1. The number of rotatable bonds is 5. The van der Waals surface area contributed by atoms with Crippen LogP contribution < -0.4 is 19.1 Å². The SMILES string of the molecule is O=C1C(=O)N(c2ccc(F)cc2)C(c2cccc(Oc3ccccc3)c2)/C1=C(/O)c1ccc2c(c1)OCCO2. The van der Waals surface area contributed by atoms with Crippen LogP contribution in [0.25, 0.3) is 5.76 Å². The van der Waals surface area contributed by atoms with Crippen LogP contribution in [0.3, 0.4) is 0 Å². The Morgan fingerprint density at radius 2 is 1.54 bits per heavy atom. The molecule has 4 aromatic carbocycles.